The van der Waals surface area contributed by atoms with Crippen LogP contribution in [0.2, 0.25) is 0 Å². The first kappa shape index (κ1) is 16.5. The van der Waals surface area contributed by atoms with Gasteiger partial charge in [0.1, 0.15) is 0 Å². The fraction of sp³-hybridized carbons (Fsp3) is 0.368. The predicted octanol–water partition coefficient (Wildman–Crippen LogP) is 1.65. The number of hydrogen-bond donors (Lipinski definition) is 2. The average molecular weight is 325 g/mol. The number of amides is 1. The van der Waals surface area contributed by atoms with E-state index < -0.39 is 0 Å². The maximum atomic E-state index is 11.9. The van der Waals surface area contributed by atoms with Gasteiger partial charge < -0.3 is 15.2 Å². The SMILES string of the molecule is O=C(CC1CCCN1)NCc1ccc(Cn2ccccc2=O)cc1. The molecule has 0 aliphatic carbocycles. The summed E-state index contributed by atoms with van der Waals surface area (Å²) < 4.78 is 1.67. The Morgan fingerprint density at radius 1 is 1.17 bits per heavy atom. The summed E-state index contributed by atoms with van der Waals surface area (Å²) in [6, 6.07) is 13.5. The number of carbonyl (C=O) groups is 1. The minimum absolute atomic E-state index is 0.00522. The fourth-order valence-electron chi connectivity index (χ4n) is 2.98. The van der Waals surface area contributed by atoms with Crippen LogP contribution in [0.3, 0.4) is 0 Å². The zero-order valence-corrected chi connectivity index (χ0v) is 13.7. The molecule has 1 atom stereocenters. The lowest BCUT2D eigenvalue weighted by molar-refractivity contribution is -0.121. The second kappa shape index (κ2) is 7.93. The summed E-state index contributed by atoms with van der Waals surface area (Å²) in [5.74, 6) is 0.0920. The van der Waals surface area contributed by atoms with Crippen LogP contribution in [0.1, 0.15) is 30.4 Å². The maximum absolute atomic E-state index is 11.9. The van der Waals surface area contributed by atoms with Gasteiger partial charge in [-0.15, -0.1) is 0 Å². The largest absolute Gasteiger partial charge is 0.352 e. The Morgan fingerprint density at radius 3 is 2.67 bits per heavy atom. The van der Waals surface area contributed by atoms with E-state index in [1.165, 1.54) is 0 Å². The maximum Gasteiger partial charge on any atom is 0.250 e. The number of aromatic nitrogens is 1. The van der Waals surface area contributed by atoms with E-state index in [1.807, 2.05) is 30.3 Å². The molecule has 0 radical (unpaired) electrons. The Kier molecular flexibility index (Phi) is 5.43. The third kappa shape index (κ3) is 4.55. The van der Waals surface area contributed by atoms with Gasteiger partial charge >= 0.3 is 0 Å². The van der Waals surface area contributed by atoms with Gasteiger partial charge in [0.25, 0.3) is 5.56 Å². The van der Waals surface area contributed by atoms with E-state index in [0.717, 1.165) is 30.5 Å². The lowest BCUT2D eigenvalue weighted by Gasteiger charge is -2.11. The third-order valence-corrected chi connectivity index (χ3v) is 4.36. The molecule has 2 heterocycles. The van der Waals surface area contributed by atoms with Crippen molar-refractivity contribution in [2.24, 2.45) is 0 Å². The van der Waals surface area contributed by atoms with Crippen molar-refractivity contribution in [1.29, 1.82) is 0 Å². The van der Waals surface area contributed by atoms with Gasteiger partial charge in [0, 0.05) is 31.3 Å². The van der Waals surface area contributed by atoms with Crippen molar-refractivity contribution in [2.45, 2.75) is 38.4 Å². The third-order valence-electron chi connectivity index (χ3n) is 4.36. The topological polar surface area (TPSA) is 63.1 Å². The Labute approximate surface area is 141 Å². The molecule has 1 unspecified atom stereocenters. The zero-order chi connectivity index (χ0) is 16.8. The van der Waals surface area contributed by atoms with E-state index in [2.05, 4.69) is 10.6 Å². The lowest BCUT2D eigenvalue weighted by Crippen LogP contribution is -2.31. The summed E-state index contributed by atoms with van der Waals surface area (Å²) in [7, 11) is 0. The zero-order valence-electron chi connectivity index (χ0n) is 13.7. The molecule has 1 fully saturated rings. The van der Waals surface area contributed by atoms with Crippen LogP contribution in [-0.4, -0.2) is 23.1 Å². The Hall–Kier alpha value is -2.40. The van der Waals surface area contributed by atoms with E-state index in [9.17, 15) is 9.59 Å². The molecule has 2 N–H and O–H groups in total. The number of rotatable bonds is 6. The van der Waals surface area contributed by atoms with Crippen molar-refractivity contribution in [3.05, 3.63) is 70.1 Å². The summed E-state index contributed by atoms with van der Waals surface area (Å²) in [5, 5.41) is 6.30. The highest BCUT2D eigenvalue weighted by atomic mass is 16.1. The molecule has 1 aliphatic heterocycles. The van der Waals surface area contributed by atoms with Crippen molar-refractivity contribution >= 4 is 5.91 Å². The standard InChI is InChI=1S/C19H23N3O2/c23-18(12-17-4-3-10-20-17)21-13-15-6-8-16(9-7-15)14-22-11-2-1-5-19(22)24/h1-2,5-9,11,17,20H,3-4,10,12-14H2,(H,21,23). The van der Waals surface area contributed by atoms with Crippen LogP contribution in [-0.2, 0) is 17.9 Å². The second-order valence-corrected chi connectivity index (χ2v) is 6.26. The van der Waals surface area contributed by atoms with Crippen LogP contribution in [0.4, 0.5) is 0 Å². The molecule has 0 saturated carbocycles. The molecule has 0 spiro atoms. The minimum Gasteiger partial charge on any atom is -0.352 e. The van der Waals surface area contributed by atoms with E-state index >= 15 is 0 Å². The molecule has 0 bridgehead atoms. The molecule has 24 heavy (non-hydrogen) atoms. The van der Waals surface area contributed by atoms with Gasteiger partial charge in [-0.2, -0.15) is 0 Å². The van der Waals surface area contributed by atoms with Crippen molar-refractivity contribution in [3.8, 4) is 0 Å². The molecule has 1 saturated heterocycles. The average Bonchev–Trinajstić information content (AvgIpc) is 3.09. The van der Waals surface area contributed by atoms with Crippen LogP contribution in [0.15, 0.2) is 53.5 Å². The van der Waals surface area contributed by atoms with Crippen LogP contribution in [0.5, 0.6) is 0 Å². The van der Waals surface area contributed by atoms with Gasteiger partial charge in [-0.3, -0.25) is 9.59 Å². The van der Waals surface area contributed by atoms with E-state index in [4.69, 9.17) is 0 Å². The fourth-order valence-corrected chi connectivity index (χ4v) is 2.98. The number of hydrogen-bond acceptors (Lipinski definition) is 3. The van der Waals surface area contributed by atoms with Crippen molar-refractivity contribution in [3.63, 3.8) is 0 Å². The number of carbonyl (C=O) groups excluding carboxylic acids is 1. The van der Waals surface area contributed by atoms with Gasteiger partial charge in [0.05, 0.1) is 6.54 Å². The first-order chi connectivity index (χ1) is 11.7. The van der Waals surface area contributed by atoms with Crippen molar-refractivity contribution in [1.82, 2.24) is 15.2 Å². The highest BCUT2D eigenvalue weighted by Gasteiger charge is 2.17. The minimum atomic E-state index is -0.00522. The van der Waals surface area contributed by atoms with E-state index in [0.29, 0.717) is 25.6 Å². The molecule has 5 heteroatoms. The first-order valence-electron chi connectivity index (χ1n) is 8.44. The molecular weight excluding hydrogens is 302 g/mol. The molecule has 126 valence electrons. The monoisotopic (exact) mass is 325 g/mol. The number of pyridine rings is 1. The molecule has 1 aliphatic rings. The molecule has 5 nitrogen and oxygen atoms in total. The molecule has 1 amide bonds. The van der Waals surface area contributed by atoms with Crippen molar-refractivity contribution in [2.75, 3.05) is 6.54 Å². The predicted molar refractivity (Wildman–Crippen MR) is 93.7 cm³/mol. The summed E-state index contributed by atoms with van der Waals surface area (Å²) in [6.45, 7) is 2.11. The summed E-state index contributed by atoms with van der Waals surface area (Å²) >= 11 is 0. The highest BCUT2D eigenvalue weighted by Crippen LogP contribution is 2.09. The Morgan fingerprint density at radius 2 is 1.96 bits per heavy atom. The van der Waals surface area contributed by atoms with Gasteiger partial charge in [0.2, 0.25) is 5.91 Å². The molecular formula is C19H23N3O2. The van der Waals surface area contributed by atoms with Gasteiger partial charge in [-0.1, -0.05) is 30.3 Å². The quantitative estimate of drug-likeness (QED) is 0.849. The molecule has 3 rings (SSSR count). The number of nitrogens with zero attached hydrogens (tertiary/aromatic N) is 1. The lowest BCUT2D eigenvalue weighted by atomic mass is 10.1. The number of nitrogens with one attached hydrogen (secondary N) is 2. The Bertz CT molecular complexity index is 731. The normalized spacial score (nSPS) is 16.9. The van der Waals surface area contributed by atoms with E-state index in [-0.39, 0.29) is 11.5 Å². The highest BCUT2D eigenvalue weighted by molar-refractivity contribution is 5.76. The van der Waals surface area contributed by atoms with Gasteiger partial charge in [0.15, 0.2) is 0 Å². The first-order valence-corrected chi connectivity index (χ1v) is 8.44. The van der Waals surface area contributed by atoms with Gasteiger partial charge in [-0.05, 0) is 36.6 Å². The Balaban J connectivity index is 1.50. The smallest absolute Gasteiger partial charge is 0.250 e. The van der Waals surface area contributed by atoms with Crippen LogP contribution < -0.4 is 16.2 Å². The van der Waals surface area contributed by atoms with Crippen molar-refractivity contribution < 1.29 is 4.79 Å². The second-order valence-electron chi connectivity index (χ2n) is 6.26. The molecule has 1 aromatic heterocycles. The summed E-state index contributed by atoms with van der Waals surface area (Å²) in [4.78, 5) is 23.6. The number of benzene rings is 1. The van der Waals surface area contributed by atoms with Crippen LogP contribution >= 0.6 is 0 Å². The molecule has 2 aromatic rings. The van der Waals surface area contributed by atoms with Crippen LogP contribution in [0, 0.1) is 0 Å². The van der Waals surface area contributed by atoms with Gasteiger partial charge in [-0.25, -0.2) is 0 Å². The summed E-state index contributed by atoms with van der Waals surface area (Å²) in [6.07, 6.45) is 4.58. The van der Waals surface area contributed by atoms with Crippen LogP contribution in [0.25, 0.3) is 0 Å². The molecule has 1 aromatic carbocycles. The van der Waals surface area contributed by atoms with E-state index in [1.54, 1.807) is 22.9 Å². The summed E-state index contributed by atoms with van der Waals surface area (Å²) in [5.41, 5.74) is 2.12.